The molecular formula is C16H28N2. The highest BCUT2D eigenvalue weighted by atomic mass is 14.9. The van der Waals surface area contributed by atoms with E-state index in [9.17, 15) is 0 Å². The van der Waals surface area contributed by atoms with E-state index in [0.717, 1.165) is 6.54 Å². The van der Waals surface area contributed by atoms with E-state index in [-0.39, 0.29) is 0 Å². The summed E-state index contributed by atoms with van der Waals surface area (Å²) in [6.07, 6.45) is 9.97. The summed E-state index contributed by atoms with van der Waals surface area (Å²) in [5.74, 6) is 0. The topological polar surface area (TPSA) is 24.9 Å². The third-order valence-electron chi connectivity index (χ3n) is 3.48. The van der Waals surface area contributed by atoms with Crippen molar-refractivity contribution in [3.8, 4) is 0 Å². The van der Waals surface area contributed by atoms with Crippen LogP contribution in [0.15, 0.2) is 18.3 Å². The maximum absolute atomic E-state index is 4.41. The minimum atomic E-state index is 0.591. The summed E-state index contributed by atoms with van der Waals surface area (Å²) in [6.45, 7) is 7.56. The molecule has 1 N–H and O–H groups in total. The zero-order valence-corrected chi connectivity index (χ0v) is 12.2. The Hall–Kier alpha value is -0.890. The molecule has 0 spiro atoms. The lowest BCUT2D eigenvalue weighted by Crippen LogP contribution is -2.26. The SMILES string of the molecule is CCCCCCCC(C)NCc1ncccc1C. The fraction of sp³-hybridized carbons (Fsp3) is 0.688. The molecule has 0 aliphatic rings. The maximum Gasteiger partial charge on any atom is 0.0570 e. The van der Waals surface area contributed by atoms with Crippen molar-refractivity contribution in [1.29, 1.82) is 0 Å². The molecule has 0 aliphatic heterocycles. The number of rotatable bonds is 9. The molecule has 0 saturated carbocycles. The van der Waals surface area contributed by atoms with Crippen LogP contribution in [0.1, 0.15) is 63.6 Å². The average Bonchev–Trinajstić information content (AvgIpc) is 2.37. The molecule has 0 aromatic carbocycles. The molecule has 0 bridgehead atoms. The number of aromatic nitrogens is 1. The van der Waals surface area contributed by atoms with Crippen molar-refractivity contribution in [3.63, 3.8) is 0 Å². The highest BCUT2D eigenvalue weighted by molar-refractivity contribution is 5.17. The fourth-order valence-electron chi connectivity index (χ4n) is 2.13. The molecule has 0 fully saturated rings. The zero-order chi connectivity index (χ0) is 13.2. The molecule has 0 saturated heterocycles. The number of unbranched alkanes of at least 4 members (excludes halogenated alkanes) is 4. The summed E-state index contributed by atoms with van der Waals surface area (Å²) in [4.78, 5) is 4.41. The van der Waals surface area contributed by atoms with Gasteiger partial charge in [-0.3, -0.25) is 4.98 Å². The summed E-state index contributed by atoms with van der Waals surface area (Å²) in [5.41, 5.74) is 2.45. The quantitative estimate of drug-likeness (QED) is 0.662. The molecule has 0 radical (unpaired) electrons. The Balaban J connectivity index is 2.13. The standard InChI is InChI=1S/C16H28N2/c1-4-5-6-7-8-11-15(3)18-13-16-14(2)10-9-12-17-16/h9-10,12,15,18H,4-8,11,13H2,1-3H3. The van der Waals surface area contributed by atoms with Crippen molar-refractivity contribution in [2.75, 3.05) is 0 Å². The lowest BCUT2D eigenvalue weighted by atomic mass is 10.1. The predicted molar refractivity (Wildman–Crippen MR) is 78.7 cm³/mol. The van der Waals surface area contributed by atoms with Gasteiger partial charge in [-0.25, -0.2) is 0 Å². The molecule has 102 valence electrons. The van der Waals surface area contributed by atoms with Crippen LogP contribution in [0.25, 0.3) is 0 Å². The Morgan fingerprint density at radius 3 is 2.72 bits per heavy atom. The minimum absolute atomic E-state index is 0.591. The van der Waals surface area contributed by atoms with Gasteiger partial charge in [0, 0.05) is 18.8 Å². The predicted octanol–water partition coefficient (Wildman–Crippen LogP) is 4.23. The van der Waals surface area contributed by atoms with Gasteiger partial charge < -0.3 is 5.32 Å². The van der Waals surface area contributed by atoms with Crippen LogP contribution in [-0.2, 0) is 6.54 Å². The first-order valence-corrected chi connectivity index (χ1v) is 7.38. The van der Waals surface area contributed by atoms with Crippen LogP contribution in [0.4, 0.5) is 0 Å². The van der Waals surface area contributed by atoms with Crippen molar-refractivity contribution in [2.45, 2.75) is 71.9 Å². The zero-order valence-electron chi connectivity index (χ0n) is 12.2. The normalized spacial score (nSPS) is 12.6. The van der Waals surface area contributed by atoms with Gasteiger partial charge in [0.15, 0.2) is 0 Å². The second-order valence-electron chi connectivity index (χ2n) is 5.25. The first-order chi connectivity index (χ1) is 8.74. The van der Waals surface area contributed by atoms with Crippen molar-refractivity contribution < 1.29 is 0 Å². The van der Waals surface area contributed by atoms with Crippen molar-refractivity contribution in [1.82, 2.24) is 10.3 Å². The summed E-state index contributed by atoms with van der Waals surface area (Å²) in [7, 11) is 0. The molecule has 0 aliphatic carbocycles. The second-order valence-corrected chi connectivity index (χ2v) is 5.25. The van der Waals surface area contributed by atoms with Crippen LogP contribution in [0.5, 0.6) is 0 Å². The molecule has 1 unspecified atom stereocenters. The van der Waals surface area contributed by atoms with Crippen molar-refractivity contribution in [3.05, 3.63) is 29.6 Å². The van der Waals surface area contributed by atoms with E-state index in [1.165, 1.54) is 49.8 Å². The van der Waals surface area contributed by atoms with Gasteiger partial charge in [0.1, 0.15) is 0 Å². The lowest BCUT2D eigenvalue weighted by Gasteiger charge is -2.14. The number of aryl methyl sites for hydroxylation is 1. The van der Waals surface area contributed by atoms with Gasteiger partial charge in [0.05, 0.1) is 5.69 Å². The van der Waals surface area contributed by atoms with Crippen LogP contribution in [0.3, 0.4) is 0 Å². The summed E-state index contributed by atoms with van der Waals surface area (Å²) >= 11 is 0. The third kappa shape index (κ3) is 6.15. The average molecular weight is 248 g/mol. The Labute approximate surface area is 112 Å². The van der Waals surface area contributed by atoms with Crippen LogP contribution in [0.2, 0.25) is 0 Å². The largest absolute Gasteiger partial charge is 0.309 e. The van der Waals surface area contributed by atoms with Gasteiger partial charge in [-0.1, -0.05) is 45.1 Å². The number of nitrogens with one attached hydrogen (secondary N) is 1. The van der Waals surface area contributed by atoms with Crippen LogP contribution in [-0.4, -0.2) is 11.0 Å². The Morgan fingerprint density at radius 2 is 2.00 bits per heavy atom. The number of hydrogen-bond donors (Lipinski definition) is 1. The lowest BCUT2D eigenvalue weighted by molar-refractivity contribution is 0.476. The molecular weight excluding hydrogens is 220 g/mol. The molecule has 1 aromatic rings. The van der Waals surface area contributed by atoms with E-state index in [1.54, 1.807) is 0 Å². The number of hydrogen-bond acceptors (Lipinski definition) is 2. The van der Waals surface area contributed by atoms with E-state index in [1.807, 2.05) is 12.3 Å². The minimum Gasteiger partial charge on any atom is -0.309 e. The Kier molecular flexibility index (Phi) is 7.66. The molecule has 18 heavy (non-hydrogen) atoms. The highest BCUT2D eigenvalue weighted by Gasteiger charge is 2.03. The van der Waals surface area contributed by atoms with Crippen LogP contribution in [0, 0.1) is 6.92 Å². The molecule has 1 atom stereocenters. The number of pyridine rings is 1. The van der Waals surface area contributed by atoms with Crippen molar-refractivity contribution >= 4 is 0 Å². The Bertz CT molecular complexity index is 323. The van der Waals surface area contributed by atoms with Crippen LogP contribution >= 0.6 is 0 Å². The molecule has 1 heterocycles. The fourth-order valence-corrected chi connectivity index (χ4v) is 2.13. The van der Waals surface area contributed by atoms with Crippen LogP contribution < -0.4 is 5.32 Å². The van der Waals surface area contributed by atoms with Gasteiger partial charge in [-0.15, -0.1) is 0 Å². The number of nitrogens with zero attached hydrogens (tertiary/aromatic N) is 1. The monoisotopic (exact) mass is 248 g/mol. The van der Waals surface area contributed by atoms with Gasteiger partial charge in [-0.05, 0) is 31.9 Å². The molecule has 1 aromatic heterocycles. The van der Waals surface area contributed by atoms with Gasteiger partial charge in [0.25, 0.3) is 0 Å². The summed E-state index contributed by atoms with van der Waals surface area (Å²) < 4.78 is 0. The first-order valence-electron chi connectivity index (χ1n) is 7.38. The smallest absolute Gasteiger partial charge is 0.0570 e. The van der Waals surface area contributed by atoms with E-state index in [0.29, 0.717) is 6.04 Å². The molecule has 2 nitrogen and oxygen atoms in total. The summed E-state index contributed by atoms with van der Waals surface area (Å²) in [6, 6.07) is 4.71. The second kappa shape index (κ2) is 9.09. The molecule has 1 rings (SSSR count). The van der Waals surface area contributed by atoms with Crippen molar-refractivity contribution in [2.24, 2.45) is 0 Å². The Morgan fingerprint density at radius 1 is 1.22 bits per heavy atom. The van der Waals surface area contributed by atoms with E-state index >= 15 is 0 Å². The van der Waals surface area contributed by atoms with E-state index in [2.05, 4.69) is 37.1 Å². The van der Waals surface area contributed by atoms with Gasteiger partial charge in [-0.2, -0.15) is 0 Å². The van der Waals surface area contributed by atoms with E-state index in [4.69, 9.17) is 0 Å². The van der Waals surface area contributed by atoms with E-state index < -0.39 is 0 Å². The highest BCUT2D eigenvalue weighted by Crippen LogP contribution is 2.08. The van der Waals surface area contributed by atoms with Gasteiger partial charge >= 0.3 is 0 Å². The maximum atomic E-state index is 4.41. The molecule has 0 amide bonds. The summed E-state index contributed by atoms with van der Waals surface area (Å²) in [5, 5.41) is 3.57. The van der Waals surface area contributed by atoms with Gasteiger partial charge in [0.2, 0.25) is 0 Å². The first kappa shape index (κ1) is 15.2. The third-order valence-corrected chi connectivity index (χ3v) is 3.48. The molecule has 2 heteroatoms.